The number of ether oxygens (including phenoxy) is 2. The van der Waals surface area contributed by atoms with Crippen molar-refractivity contribution in [2.24, 2.45) is 0 Å². The fraction of sp³-hybridized carbons (Fsp3) is 0.310. The molecule has 0 spiro atoms. The molecule has 3 heterocycles. The van der Waals surface area contributed by atoms with Crippen molar-refractivity contribution < 1.29 is 37.1 Å². The molecule has 0 fully saturated rings. The predicted molar refractivity (Wildman–Crippen MR) is 159 cm³/mol. The van der Waals surface area contributed by atoms with Gasteiger partial charge in [-0.1, -0.05) is 18.2 Å². The molecular formula is C29H30N4O8S2. The number of carbonyl (C=O) groups excluding carboxylic acids is 4. The lowest BCUT2D eigenvalue weighted by Crippen LogP contribution is -2.37. The molecule has 2 aliphatic heterocycles. The van der Waals surface area contributed by atoms with Gasteiger partial charge in [-0.25, -0.2) is 18.0 Å². The number of anilines is 2. The highest BCUT2D eigenvalue weighted by atomic mass is 32.2. The average molecular weight is 627 g/mol. The third-order valence-electron chi connectivity index (χ3n) is 7.21. The van der Waals surface area contributed by atoms with E-state index >= 15 is 0 Å². The van der Waals surface area contributed by atoms with Crippen molar-refractivity contribution in [3.63, 3.8) is 0 Å². The van der Waals surface area contributed by atoms with Gasteiger partial charge >= 0.3 is 12.2 Å². The summed E-state index contributed by atoms with van der Waals surface area (Å²) in [6.07, 6.45) is 0.352. The standard InChI is InChI=1S/C29H30N4O8S2/c1-3-41-29(37)32-16-14-21-23(17-32)42-27(24(21)26(35)31-28(36)40-2)30-25(34)19-10-12-20(13-11-19)43(38,39)33-15-6-8-18-7-4-5-9-22(18)33/h4-5,7,9-13H,3,6,8,14-17H2,1-2H3,(H,30,34)(H,31,35,36). The number of nitrogens with zero attached hydrogens (tertiary/aromatic N) is 2. The number of rotatable bonds is 6. The molecule has 43 heavy (non-hydrogen) atoms. The van der Waals surface area contributed by atoms with Crippen molar-refractivity contribution in [3.8, 4) is 0 Å². The summed E-state index contributed by atoms with van der Waals surface area (Å²) in [6, 6.07) is 13.0. The molecule has 226 valence electrons. The van der Waals surface area contributed by atoms with E-state index in [0.29, 0.717) is 35.5 Å². The molecule has 14 heteroatoms. The zero-order chi connectivity index (χ0) is 30.7. The van der Waals surface area contributed by atoms with E-state index in [1.807, 2.05) is 12.1 Å². The molecule has 2 aliphatic rings. The number of hydrogen-bond acceptors (Lipinski definition) is 9. The molecule has 12 nitrogen and oxygen atoms in total. The Bertz CT molecular complexity index is 1680. The van der Waals surface area contributed by atoms with Crippen LogP contribution in [0.4, 0.5) is 20.3 Å². The number of alkyl carbamates (subject to hydrolysis) is 1. The first-order valence-electron chi connectivity index (χ1n) is 13.6. The quantitative estimate of drug-likeness (QED) is 0.414. The van der Waals surface area contributed by atoms with Crippen LogP contribution in [0.5, 0.6) is 0 Å². The molecule has 0 bridgehead atoms. The third-order valence-corrected chi connectivity index (χ3v) is 10.2. The second-order valence-electron chi connectivity index (χ2n) is 9.81. The molecule has 2 N–H and O–H groups in total. The highest BCUT2D eigenvalue weighted by Crippen LogP contribution is 2.38. The summed E-state index contributed by atoms with van der Waals surface area (Å²) in [4.78, 5) is 52.6. The molecule has 4 amide bonds. The maximum atomic E-state index is 13.5. The van der Waals surface area contributed by atoms with Crippen LogP contribution >= 0.6 is 11.3 Å². The summed E-state index contributed by atoms with van der Waals surface area (Å²) >= 11 is 1.11. The molecule has 0 saturated heterocycles. The van der Waals surface area contributed by atoms with E-state index in [9.17, 15) is 27.6 Å². The van der Waals surface area contributed by atoms with Gasteiger partial charge in [0.1, 0.15) is 5.00 Å². The molecule has 3 aromatic rings. The largest absolute Gasteiger partial charge is 0.453 e. The number of sulfonamides is 1. The van der Waals surface area contributed by atoms with Gasteiger partial charge in [0.25, 0.3) is 21.8 Å². The molecule has 0 saturated carbocycles. The van der Waals surface area contributed by atoms with E-state index in [2.05, 4.69) is 15.4 Å². The smallest absolute Gasteiger partial charge is 0.413 e. The Labute approximate surface area is 252 Å². The molecule has 0 aliphatic carbocycles. The van der Waals surface area contributed by atoms with Gasteiger partial charge in [-0.2, -0.15) is 0 Å². The van der Waals surface area contributed by atoms with E-state index in [-0.39, 0.29) is 40.7 Å². The van der Waals surface area contributed by atoms with Gasteiger partial charge in [0.05, 0.1) is 36.4 Å². The first kappa shape index (κ1) is 30.0. The van der Waals surface area contributed by atoms with Crippen molar-refractivity contribution in [3.05, 3.63) is 75.7 Å². The number of nitrogens with one attached hydrogen (secondary N) is 2. The second kappa shape index (κ2) is 12.4. The van der Waals surface area contributed by atoms with Crippen LogP contribution in [0, 0.1) is 0 Å². The number of fused-ring (bicyclic) bond motifs is 2. The number of hydrogen-bond donors (Lipinski definition) is 2. The van der Waals surface area contributed by atoms with Crippen molar-refractivity contribution in [2.45, 2.75) is 37.6 Å². The number of aryl methyl sites for hydroxylation is 1. The predicted octanol–water partition coefficient (Wildman–Crippen LogP) is 4.15. The first-order valence-corrected chi connectivity index (χ1v) is 15.9. The summed E-state index contributed by atoms with van der Waals surface area (Å²) in [5.74, 6) is -1.34. The van der Waals surface area contributed by atoms with Gasteiger partial charge in [-0.05, 0) is 67.6 Å². The van der Waals surface area contributed by atoms with Crippen molar-refractivity contribution in [1.82, 2.24) is 10.2 Å². The molecule has 0 unspecified atom stereocenters. The summed E-state index contributed by atoms with van der Waals surface area (Å²) in [5, 5.41) is 5.05. The van der Waals surface area contributed by atoms with E-state index in [1.54, 1.807) is 19.1 Å². The Kier molecular flexibility index (Phi) is 8.69. The van der Waals surface area contributed by atoms with Gasteiger partial charge in [0.15, 0.2) is 0 Å². The number of thiophene rings is 1. The van der Waals surface area contributed by atoms with E-state index < -0.39 is 34.0 Å². The van der Waals surface area contributed by atoms with Gasteiger partial charge in [-0.15, -0.1) is 11.3 Å². The van der Waals surface area contributed by atoms with Crippen molar-refractivity contribution in [1.29, 1.82) is 0 Å². The summed E-state index contributed by atoms with van der Waals surface area (Å²) in [5.41, 5.74) is 2.48. The van der Waals surface area contributed by atoms with Gasteiger partial charge in [0.2, 0.25) is 0 Å². The van der Waals surface area contributed by atoms with Crippen LogP contribution in [0.1, 0.15) is 50.1 Å². The van der Waals surface area contributed by atoms with Crippen molar-refractivity contribution >= 4 is 56.0 Å². The lowest BCUT2D eigenvalue weighted by molar-refractivity contribution is 0.0936. The monoisotopic (exact) mass is 626 g/mol. The molecule has 0 radical (unpaired) electrons. The van der Waals surface area contributed by atoms with E-state index in [1.165, 1.54) is 33.5 Å². The lowest BCUT2D eigenvalue weighted by atomic mass is 10.0. The minimum absolute atomic E-state index is 0.0459. The van der Waals surface area contributed by atoms with Crippen LogP contribution in [0.25, 0.3) is 0 Å². The fourth-order valence-electron chi connectivity index (χ4n) is 5.14. The number of para-hydroxylation sites is 1. The van der Waals surface area contributed by atoms with Crippen LogP contribution in [0.15, 0.2) is 53.4 Å². The third kappa shape index (κ3) is 6.06. The normalized spacial score (nSPS) is 14.3. The van der Waals surface area contributed by atoms with Crippen molar-refractivity contribution in [2.75, 3.05) is 36.4 Å². The topological polar surface area (TPSA) is 151 Å². The Hall–Kier alpha value is -4.43. The Balaban J connectivity index is 1.39. The zero-order valence-corrected chi connectivity index (χ0v) is 25.2. The van der Waals surface area contributed by atoms with Crippen LogP contribution in [0.3, 0.4) is 0 Å². The first-order chi connectivity index (χ1) is 20.6. The Morgan fingerprint density at radius 3 is 2.44 bits per heavy atom. The van der Waals surface area contributed by atoms with Crippen LogP contribution in [0.2, 0.25) is 0 Å². The zero-order valence-electron chi connectivity index (χ0n) is 23.5. The Morgan fingerprint density at radius 1 is 0.977 bits per heavy atom. The maximum absolute atomic E-state index is 13.5. The molecular weight excluding hydrogens is 596 g/mol. The summed E-state index contributed by atoms with van der Waals surface area (Å²) in [7, 11) is -2.74. The van der Waals surface area contributed by atoms with Gasteiger partial charge in [-0.3, -0.25) is 19.2 Å². The molecule has 2 aromatic carbocycles. The highest BCUT2D eigenvalue weighted by Gasteiger charge is 2.32. The molecule has 5 rings (SSSR count). The molecule has 0 atom stereocenters. The summed E-state index contributed by atoms with van der Waals surface area (Å²) in [6.45, 7) is 2.72. The van der Waals surface area contributed by atoms with E-state index in [4.69, 9.17) is 4.74 Å². The van der Waals surface area contributed by atoms with Crippen LogP contribution in [-0.2, 0) is 38.9 Å². The number of amides is 4. The minimum atomic E-state index is -3.86. The van der Waals surface area contributed by atoms with Gasteiger partial charge < -0.3 is 19.7 Å². The number of imide groups is 1. The van der Waals surface area contributed by atoms with E-state index in [0.717, 1.165) is 30.4 Å². The molecule has 1 aromatic heterocycles. The fourth-order valence-corrected chi connectivity index (χ4v) is 7.93. The lowest BCUT2D eigenvalue weighted by Gasteiger charge is -2.30. The number of benzene rings is 2. The summed E-state index contributed by atoms with van der Waals surface area (Å²) < 4.78 is 38.0. The van der Waals surface area contributed by atoms with Crippen LogP contribution in [-0.4, -0.2) is 64.1 Å². The van der Waals surface area contributed by atoms with Gasteiger partial charge in [0, 0.05) is 23.5 Å². The Morgan fingerprint density at radius 2 is 1.72 bits per heavy atom. The number of methoxy groups -OCH3 is 1. The maximum Gasteiger partial charge on any atom is 0.413 e. The minimum Gasteiger partial charge on any atom is -0.453 e. The SMILES string of the molecule is CCOC(=O)N1CCc2c(sc(NC(=O)c3ccc(S(=O)(=O)N4CCCc5ccccc54)cc3)c2C(=O)NC(=O)OC)C1. The number of carbonyl (C=O) groups is 4. The second-order valence-corrected chi connectivity index (χ2v) is 12.8. The average Bonchev–Trinajstić information content (AvgIpc) is 3.37. The highest BCUT2D eigenvalue weighted by molar-refractivity contribution is 7.92. The van der Waals surface area contributed by atoms with Crippen LogP contribution < -0.4 is 14.9 Å².